The molecule has 0 aliphatic heterocycles. The highest BCUT2D eigenvalue weighted by molar-refractivity contribution is 8.01. The van der Waals surface area contributed by atoms with Gasteiger partial charge in [-0.3, -0.25) is 0 Å². The molecule has 0 fully saturated rings. The van der Waals surface area contributed by atoms with Crippen molar-refractivity contribution in [1.82, 2.24) is 9.29 Å². The van der Waals surface area contributed by atoms with Crippen LogP contribution < -0.4 is 5.32 Å². The average Bonchev–Trinajstić information content (AvgIpc) is 2.93. The Kier molecular flexibility index (Phi) is 7.12. The van der Waals surface area contributed by atoms with Crippen LogP contribution in [0, 0.1) is 0 Å². The lowest BCUT2D eigenvalue weighted by Crippen LogP contribution is -2.16. The van der Waals surface area contributed by atoms with Crippen LogP contribution in [0.4, 0.5) is 5.13 Å². The molecule has 136 valence electrons. The number of fused-ring (bicyclic) bond motifs is 1. The van der Waals surface area contributed by atoms with Gasteiger partial charge in [0.2, 0.25) is 0 Å². The van der Waals surface area contributed by atoms with Crippen molar-refractivity contribution in [3.8, 4) is 0 Å². The van der Waals surface area contributed by atoms with E-state index in [-0.39, 0.29) is 0 Å². The van der Waals surface area contributed by atoms with E-state index < -0.39 is 0 Å². The summed E-state index contributed by atoms with van der Waals surface area (Å²) in [7, 11) is 2.08. The molecule has 0 unspecified atom stereocenters. The molecule has 1 N–H and O–H groups in total. The van der Waals surface area contributed by atoms with Gasteiger partial charge < -0.3 is 10.1 Å². The van der Waals surface area contributed by atoms with Gasteiger partial charge in [-0.15, -0.1) is 5.73 Å². The van der Waals surface area contributed by atoms with Gasteiger partial charge in [-0.05, 0) is 61.9 Å². The highest BCUT2D eigenvalue weighted by Crippen LogP contribution is 2.26. The summed E-state index contributed by atoms with van der Waals surface area (Å²) in [6, 6.07) is 8.20. The molecule has 6 heteroatoms. The summed E-state index contributed by atoms with van der Waals surface area (Å²) >= 11 is 3.38. The lowest BCUT2D eigenvalue weighted by Gasteiger charge is -2.15. The average molecular weight is 386 g/mol. The summed E-state index contributed by atoms with van der Waals surface area (Å²) in [6.07, 6.45) is 8.30. The topological polar surface area (TPSA) is 37.4 Å². The van der Waals surface area contributed by atoms with Crippen LogP contribution in [-0.2, 0) is 4.74 Å². The highest BCUT2D eigenvalue weighted by atomic mass is 32.2. The number of thiazole rings is 1. The maximum Gasteiger partial charge on any atom is 0.184 e. The van der Waals surface area contributed by atoms with Gasteiger partial charge in [0.1, 0.15) is 0 Å². The third-order valence-electron chi connectivity index (χ3n) is 3.71. The number of rotatable bonds is 9. The van der Waals surface area contributed by atoms with Crippen LogP contribution in [0.3, 0.4) is 0 Å². The maximum atomic E-state index is 5.40. The van der Waals surface area contributed by atoms with Crippen molar-refractivity contribution in [3.05, 3.63) is 64.8 Å². The zero-order valence-electron chi connectivity index (χ0n) is 15.1. The van der Waals surface area contributed by atoms with E-state index in [9.17, 15) is 0 Å². The number of allylic oxidation sites excluding steroid dienone is 3. The standard InChI is InChI=1S/C20H23N3OS2/c1-3-24-14-13-23(2)26-17-8-6-7-16(11-12-17)15-21-20-22-18-9-4-5-10-19(18)25-20/h4-5,7-12H,3,13-15H2,1-2H3,(H,21,22). The van der Waals surface area contributed by atoms with Gasteiger partial charge in [0.25, 0.3) is 0 Å². The summed E-state index contributed by atoms with van der Waals surface area (Å²) in [5, 5.41) is 4.36. The van der Waals surface area contributed by atoms with Crippen LogP contribution in [0.1, 0.15) is 6.92 Å². The number of likely N-dealkylation sites (N-methyl/N-ethyl adjacent to an activating group) is 1. The van der Waals surface area contributed by atoms with Crippen molar-refractivity contribution in [2.75, 3.05) is 38.7 Å². The Morgan fingerprint density at radius 1 is 1.27 bits per heavy atom. The molecule has 0 saturated heterocycles. The number of benzene rings is 1. The number of hydrogen-bond donors (Lipinski definition) is 1. The van der Waals surface area contributed by atoms with Crippen molar-refractivity contribution >= 4 is 38.6 Å². The lowest BCUT2D eigenvalue weighted by molar-refractivity contribution is 0.140. The maximum absolute atomic E-state index is 5.40. The summed E-state index contributed by atoms with van der Waals surface area (Å²) in [6.45, 7) is 5.15. The van der Waals surface area contributed by atoms with E-state index in [0.29, 0.717) is 0 Å². The first-order valence-corrected chi connectivity index (χ1v) is 10.2. The molecule has 1 aliphatic carbocycles. The Balaban J connectivity index is 1.55. The fraction of sp³-hybridized carbons (Fsp3) is 0.300. The Hall–Kier alpha value is -1.82. The van der Waals surface area contributed by atoms with Crippen molar-refractivity contribution in [2.45, 2.75) is 6.92 Å². The SMILES string of the molecule is CCOCCN(C)SC1=CC=C(CNc2nc3ccccc3s2)C=C=C1. The van der Waals surface area contributed by atoms with Crippen LogP contribution in [0.25, 0.3) is 10.2 Å². The van der Waals surface area contributed by atoms with E-state index in [1.165, 1.54) is 10.3 Å². The molecule has 4 nitrogen and oxygen atoms in total. The van der Waals surface area contributed by atoms with E-state index in [2.05, 4.69) is 45.6 Å². The van der Waals surface area contributed by atoms with Crippen LogP contribution in [0.2, 0.25) is 0 Å². The molecule has 1 aromatic heterocycles. The minimum atomic E-state index is 0.731. The van der Waals surface area contributed by atoms with Crippen LogP contribution >= 0.6 is 23.3 Å². The zero-order valence-corrected chi connectivity index (χ0v) is 16.7. The third kappa shape index (κ3) is 5.59. The quantitative estimate of drug-likeness (QED) is 0.379. The Bertz CT molecular complexity index is 830. The first-order chi connectivity index (χ1) is 12.7. The van der Waals surface area contributed by atoms with Gasteiger partial charge in [0, 0.05) is 24.6 Å². The molecule has 2 aromatic rings. The fourth-order valence-corrected chi connectivity index (χ4v) is 4.01. The predicted octanol–water partition coefficient (Wildman–Crippen LogP) is 4.86. The van der Waals surface area contributed by atoms with Gasteiger partial charge in [-0.25, -0.2) is 9.29 Å². The zero-order chi connectivity index (χ0) is 18.2. The van der Waals surface area contributed by atoms with Gasteiger partial charge in [0.05, 0.1) is 16.8 Å². The number of anilines is 1. The number of para-hydroxylation sites is 1. The number of nitrogens with one attached hydrogen (secondary N) is 1. The van der Waals surface area contributed by atoms with Gasteiger partial charge >= 0.3 is 0 Å². The van der Waals surface area contributed by atoms with E-state index in [1.54, 1.807) is 23.3 Å². The summed E-state index contributed by atoms with van der Waals surface area (Å²) in [5.41, 5.74) is 5.48. The molecular weight excluding hydrogens is 362 g/mol. The Morgan fingerprint density at radius 2 is 2.15 bits per heavy atom. The van der Waals surface area contributed by atoms with Crippen LogP contribution in [-0.4, -0.2) is 42.6 Å². The summed E-state index contributed by atoms with van der Waals surface area (Å²) in [5.74, 6) is 0. The Morgan fingerprint density at radius 3 is 3.00 bits per heavy atom. The van der Waals surface area contributed by atoms with Gasteiger partial charge in [0.15, 0.2) is 5.13 Å². The normalized spacial score (nSPS) is 13.8. The van der Waals surface area contributed by atoms with Crippen molar-refractivity contribution in [2.24, 2.45) is 0 Å². The predicted molar refractivity (Wildman–Crippen MR) is 114 cm³/mol. The van der Waals surface area contributed by atoms with Gasteiger partial charge in [-0.2, -0.15) is 0 Å². The number of nitrogens with zero attached hydrogens (tertiary/aromatic N) is 2. The second-order valence-corrected chi connectivity index (χ2v) is 8.05. The molecule has 0 radical (unpaired) electrons. The molecule has 0 bridgehead atoms. The Labute approximate surface area is 163 Å². The molecule has 1 aliphatic rings. The van der Waals surface area contributed by atoms with E-state index in [4.69, 9.17) is 4.74 Å². The summed E-state index contributed by atoms with van der Waals surface area (Å²) in [4.78, 5) is 5.77. The smallest absolute Gasteiger partial charge is 0.184 e. The molecule has 1 heterocycles. The van der Waals surface area contributed by atoms with E-state index >= 15 is 0 Å². The minimum Gasteiger partial charge on any atom is -0.380 e. The number of hydrogen-bond acceptors (Lipinski definition) is 6. The molecule has 1 aromatic carbocycles. The fourth-order valence-electron chi connectivity index (χ4n) is 2.37. The molecular formula is C20H23N3OS2. The van der Waals surface area contributed by atoms with Gasteiger partial charge in [-0.1, -0.05) is 29.5 Å². The first-order valence-electron chi connectivity index (χ1n) is 8.64. The minimum absolute atomic E-state index is 0.731. The van der Waals surface area contributed by atoms with Crippen molar-refractivity contribution in [3.63, 3.8) is 0 Å². The monoisotopic (exact) mass is 385 g/mol. The van der Waals surface area contributed by atoms with Crippen molar-refractivity contribution < 1.29 is 4.74 Å². The van der Waals surface area contributed by atoms with Crippen molar-refractivity contribution in [1.29, 1.82) is 0 Å². The molecule has 0 amide bonds. The second kappa shape index (κ2) is 9.76. The second-order valence-electron chi connectivity index (χ2n) is 5.75. The largest absolute Gasteiger partial charge is 0.380 e. The lowest BCUT2D eigenvalue weighted by atomic mass is 10.2. The highest BCUT2D eigenvalue weighted by Gasteiger charge is 2.05. The molecule has 3 rings (SSSR count). The number of aromatic nitrogens is 1. The molecule has 0 saturated carbocycles. The van der Waals surface area contributed by atoms with E-state index in [1.807, 2.05) is 37.3 Å². The molecule has 26 heavy (non-hydrogen) atoms. The number of ether oxygens (including phenoxy) is 1. The molecule has 0 spiro atoms. The third-order valence-corrected chi connectivity index (χ3v) is 5.66. The van der Waals surface area contributed by atoms with Crippen LogP contribution in [0.5, 0.6) is 0 Å². The van der Waals surface area contributed by atoms with Crippen LogP contribution in [0.15, 0.2) is 64.8 Å². The molecule has 0 atom stereocenters. The summed E-state index contributed by atoms with van der Waals surface area (Å²) < 4.78 is 8.78. The first kappa shape index (κ1) is 19.0. The van der Waals surface area contributed by atoms with E-state index in [0.717, 1.165) is 41.9 Å².